The highest BCUT2D eigenvalue weighted by Gasteiger charge is 2.23. The smallest absolute Gasteiger partial charge is 0.247 e. The largest absolute Gasteiger partial charge is 0.257 e. The number of aromatic nitrogens is 2. The van der Waals surface area contributed by atoms with Gasteiger partial charge < -0.3 is 0 Å². The van der Waals surface area contributed by atoms with Gasteiger partial charge in [-0.15, -0.1) is 0 Å². The summed E-state index contributed by atoms with van der Waals surface area (Å²) >= 11 is 0. The number of hydrogen-bond donors (Lipinski definition) is 1. The van der Waals surface area contributed by atoms with Crippen LogP contribution in [0.15, 0.2) is 12.4 Å². The van der Waals surface area contributed by atoms with E-state index < -0.39 is 0 Å². The zero-order chi connectivity index (χ0) is 24.7. The van der Waals surface area contributed by atoms with Crippen LogP contribution in [-0.4, -0.2) is 4.98 Å². The lowest BCUT2D eigenvalue weighted by molar-refractivity contribution is -0.723. The second-order valence-electron chi connectivity index (χ2n) is 11.3. The highest BCUT2D eigenvalue weighted by molar-refractivity contribution is 4.90. The van der Waals surface area contributed by atoms with Gasteiger partial charge in [-0.25, -0.2) is 9.55 Å². The molecule has 0 fully saturated rings. The summed E-state index contributed by atoms with van der Waals surface area (Å²) in [7, 11) is 0. The van der Waals surface area contributed by atoms with Gasteiger partial charge in [0, 0.05) is 0 Å². The van der Waals surface area contributed by atoms with E-state index in [2.05, 4.69) is 49.6 Å². The molecule has 1 aromatic rings. The van der Waals surface area contributed by atoms with Crippen LogP contribution in [-0.2, 0) is 0 Å². The first-order valence-electron chi connectivity index (χ1n) is 15.8. The lowest BCUT2D eigenvalue weighted by atomic mass is 9.93. The molecular weight excluding hydrogens is 412 g/mol. The lowest BCUT2D eigenvalue weighted by Gasteiger charge is -2.15. The Morgan fingerprint density at radius 3 is 1.26 bits per heavy atom. The van der Waals surface area contributed by atoms with Gasteiger partial charge in [0.15, 0.2) is 0 Å². The molecule has 1 N–H and O–H groups in total. The summed E-state index contributed by atoms with van der Waals surface area (Å²) in [6.07, 6.45) is 37.2. The van der Waals surface area contributed by atoms with E-state index in [0.717, 1.165) is 0 Å². The van der Waals surface area contributed by atoms with E-state index in [4.69, 9.17) is 0 Å². The van der Waals surface area contributed by atoms with E-state index in [-0.39, 0.29) is 0 Å². The van der Waals surface area contributed by atoms with Crippen molar-refractivity contribution in [3.8, 4) is 0 Å². The maximum atomic E-state index is 3.62. The fourth-order valence-electron chi connectivity index (χ4n) is 5.49. The monoisotopic (exact) mass is 475 g/mol. The standard InChI is InChI=1S/C32H62N2/c1-5-7-9-11-13-14-15-16-17-18-19-21-23-25-27-31(26-24-22-20-12-10-8-6-2)32-33-28-29-34(32)30(3)4/h28-31H,5-27H2,1-4H3/p+1/t31-/m0/s1. The van der Waals surface area contributed by atoms with Crippen LogP contribution in [0.1, 0.15) is 193 Å². The van der Waals surface area contributed by atoms with Crippen molar-refractivity contribution in [3.63, 3.8) is 0 Å². The molecule has 0 spiro atoms. The molecule has 34 heavy (non-hydrogen) atoms. The molecule has 0 amide bonds. The predicted molar refractivity (Wildman–Crippen MR) is 152 cm³/mol. The zero-order valence-corrected chi connectivity index (χ0v) is 24.0. The van der Waals surface area contributed by atoms with Crippen molar-refractivity contribution < 1.29 is 4.57 Å². The number of nitrogens with zero attached hydrogens (tertiary/aromatic N) is 1. The third kappa shape index (κ3) is 16.0. The van der Waals surface area contributed by atoms with Crippen molar-refractivity contribution >= 4 is 0 Å². The van der Waals surface area contributed by atoms with Crippen molar-refractivity contribution in [1.82, 2.24) is 4.98 Å². The van der Waals surface area contributed by atoms with E-state index in [0.29, 0.717) is 12.0 Å². The third-order valence-electron chi connectivity index (χ3n) is 7.75. The molecule has 0 aromatic carbocycles. The molecule has 1 atom stereocenters. The average molecular weight is 476 g/mol. The number of aromatic amines is 1. The topological polar surface area (TPSA) is 19.7 Å². The van der Waals surface area contributed by atoms with Crippen LogP contribution in [0.2, 0.25) is 0 Å². The Kier molecular flexibility index (Phi) is 20.8. The summed E-state index contributed by atoms with van der Waals surface area (Å²) < 4.78 is 2.48. The molecular formula is C32H63N2+. The summed E-state index contributed by atoms with van der Waals surface area (Å²) in [4.78, 5) is 3.62. The number of hydrogen-bond acceptors (Lipinski definition) is 0. The summed E-state index contributed by atoms with van der Waals surface area (Å²) in [5.41, 5.74) is 0. The highest BCUT2D eigenvalue weighted by Crippen LogP contribution is 2.26. The van der Waals surface area contributed by atoms with Crippen molar-refractivity contribution in [2.45, 2.75) is 187 Å². The van der Waals surface area contributed by atoms with E-state index in [1.54, 1.807) is 0 Å². The maximum absolute atomic E-state index is 3.62. The number of H-pyrrole nitrogens is 1. The Hall–Kier alpha value is -0.790. The number of nitrogens with one attached hydrogen (secondary N) is 1. The minimum Gasteiger partial charge on any atom is -0.247 e. The van der Waals surface area contributed by atoms with Crippen LogP contribution in [0.3, 0.4) is 0 Å². The Bertz CT molecular complexity index is 533. The normalized spacial score (nSPS) is 12.6. The summed E-state index contributed by atoms with van der Waals surface area (Å²) in [5, 5.41) is 0. The third-order valence-corrected chi connectivity index (χ3v) is 7.75. The minimum atomic E-state index is 0.550. The van der Waals surface area contributed by atoms with Gasteiger partial charge in [-0.1, -0.05) is 149 Å². The maximum Gasteiger partial charge on any atom is 0.257 e. The van der Waals surface area contributed by atoms with Gasteiger partial charge in [-0.05, 0) is 26.7 Å². The molecule has 0 saturated heterocycles. The van der Waals surface area contributed by atoms with Gasteiger partial charge in [-0.2, -0.15) is 0 Å². The zero-order valence-electron chi connectivity index (χ0n) is 24.0. The Balaban J connectivity index is 2.17. The molecule has 0 unspecified atom stereocenters. The number of imidazole rings is 1. The van der Waals surface area contributed by atoms with E-state index in [1.165, 1.54) is 154 Å². The molecule has 0 saturated carbocycles. The quantitative estimate of drug-likeness (QED) is 0.107. The number of unbranched alkanes of at least 4 members (excludes halogenated alkanes) is 19. The van der Waals surface area contributed by atoms with E-state index >= 15 is 0 Å². The van der Waals surface area contributed by atoms with Gasteiger partial charge in [0.1, 0.15) is 12.4 Å². The molecule has 1 aromatic heterocycles. The van der Waals surface area contributed by atoms with E-state index in [9.17, 15) is 0 Å². The van der Waals surface area contributed by atoms with Gasteiger partial charge in [0.05, 0.1) is 12.0 Å². The van der Waals surface area contributed by atoms with Gasteiger partial charge >= 0.3 is 0 Å². The summed E-state index contributed by atoms with van der Waals surface area (Å²) in [6.45, 7) is 9.24. The Morgan fingerprint density at radius 1 is 0.559 bits per heavy atom. The first-order valence-corrected chi connectivity index (χ1v) is 15.8. The van der Waals surface area contributed by atoms with Gasteiger partial charge in [0.2, 0.25) is 0 Å². The van der Waals surface area contributed by atoms with Crippen molar-refractivity contribution in [2.75, 3.05) is 0 Å². The Morgan fingerprint density at radius 2 is 0.912 bits per heavy atom. The predicted octanol–water partition coefficient (Wildman–Crippen LogP) is 11.0. The fourth-order valence-corrected chi connectivity index (χ4v) is 5.49. The first-order chi connectivity index (χ1) is 16.7. The summed E-state index contributed by atoms with van der Waals surface area (Å²) in [5.74, 6) is 2.20. The highest BCUT2D eigenvalue weighted by atomic mass is 15.1. The minimum absolute atomic E-state index is 0.550. The van der Waals surface area contributed by atoms with Gasteiger partial charge in [-0.3, -0.25) is 0 Å². The molecule has 1 heterocycles. The molecule has 200 valence electrons. The second-order valence-corrected chi connectivity index (χ2v) is 11.3. The molecule has 2 nitrogen and oxygen atoms in total. The molecule has 1 rings (SSSR count). The molecule has 0 aliphatic rings. The molecule has 0 aliphatic carbocycles. The number of rotatable bonds is 25. The molecule has 0 bridgehead atoms. The van der Waals surface area contributed by atoms with Crippen LogP contribution >= 0.6 is 0 Å². The van der Waals surface area contributed by atoms with Gasteiger partial charge in [0.25, 0.3) is 5.82 Å². The SMILES string of the molecule is CCCCCCCCCCCCCCCC[C@H](CCCCCCCCC)c1[nH]cc[n+]1C(C)C. The van der Waals surface area contributed by atoms with Crippen LogP contribution in [0.25, 0.3) is 0 Å². The Labute approximate surface area is 215 Å². The fraction of sp³-hybridized carbons (Fsp3) is 0.906. The van der Waals surface area contributed by atoms with Crippen molar-refractivity contribution in [1.29, 1.82) is 0 Å². The van der Waals surface area contributed by atoms with Crippen LogP contribution in [0.4, 0.5) is 0 Å². The second kappa shape index (κ2) is 22.7. The first kappa shape index (κ1) is 31.2. The van der Waals surface area contributed by atoms with Crippen molar-refractivity contribution in [2.24, 2.45) is 0 Å². The van der Waals surface area contributed by atoms with Crippen LogP contribution in [0, 0.1) is 0 Å². The van der Waals surface area contributed by atoms with Crippen molar-refractivity contribution in [3.05, 3.63) is 18.2 Å². The van der Waals surface area contributed by atoms with E-state index in [1.807, 2.05) is 0 Å². The molecule has 0 radical (unpaired) electrons. The van der Waals surface area contributed by atoms with Crippen LogP contribution in [0.5, 0.6) is 0 Å². The lowest BCUT2D eigenvalue weighted by Crippen LogP contribution is -2.39. The average Bonchev–Trinajstić information content (AvgIpc) is 3.32. The summed E-state index contributed by atoms with van der Waals surface area (Å²) in [6, 6.07) is 0.550. The molecule has 2 heteroatoms. The molecule has 0 aliphatic heterocycles. The van der Waals surface area contributed by atoms with Crippen LogP contribution < -0.4 is 4.57 Å².